The molecule has 0 saturated heterocycles. The van der Waals surface area contributed by atoms with E-state index >= 15 is 0 Å². The number of hydrogen-bond acceptors (Lipinski definition) is 5. The van der Waals surface area contributed by atoms with Crippen molar-refractivity contribution >= 4 is 5.82 Å². The molecule has 0 amide bonds. The van der Waals surface area contributed by atoms with Gasteiger partial charge in [-0.2, -0.15) is 0 Å². The molecule has 0 aliphatic heterocycles. The molecule has 0 bridgehead atoms. The highest BCUT2D eigenvalue weighted by Gasteiger charge is 2.23. The van der Waals surface area contributed by atoms with Crippen LogP contribution in [0.2, 0.25) is 0 Å². The number of benzene rings is 1. The smallest absolute Gasteiger partial charge is 0.157 e. The van der Waals surface area contributed by atoms with E-state index in [1.54, 1.807) is 13.2 Å². The Bertz CT molecular complexity index is 612. The van der Waals surface area contributed by atoms with Crippen molar-refractivity contribution in [1.29, 1.82) is 0 Å². The van der Waals surface area contributed by atoms with E-state index in [0.29, 0.717) is 24.4 Å². The molecule has 5 heteroatoms. The van der Waals surface area contributed by atoms with Crippen LogP contribution in [0.5, 0.6) is 5.75 Å². The van der Waals surface area contributed by atoms with E-state index in [0.717, 1.165) is 29.8 Å². The third kappa shape index (κ3) is 3.05. The first-order chi connectivity index (χ1) is 9.74. The first-order valence-electron chi connectivity index (χ1n) is 6.64. The summed E-state index contributed by atoms with van der Waals surface area (Å²) in [5.74, 6) is 1.89. The van der Waals surface area contributed by atoms with Crippen molar-refractivity contribution in [3.63, 3.8) is 0 Å². The summed E-state index contributed by atoms with van der Waals surface area (Å²) >= 11 is 0. The molecule has 2 aromatic rings. The summed E-state index contributed by atoms with van der Waals surface area (Å²) in [6, 6.07) is 9.65. The van der Waals surface area contributed by atoms with Crippen LogP contribution >= 0.6 is 0 Å². The van der Waals surface area contributed by atoms with Gasteiger partial charge in [0.2, 0.25) is 0 Å². The Kier molecular flexibility index (Phi) is 3.52. The zero-order valence-electron chi connectivity index (χ0n) is 11.4. The highest BCUT2D eigenvalue weighted by molar-refractivity contribution is 5.63. The zero-order chi connectivity index (χ0) is 13.9. The molecule has 2 N–H and O–H groups in total. The molecular formula is C15H17N3O2. The molecule has 1 fully saturated rings. The lowest BCUT2D eigenvalue weighted by atomic mass is 10.1. The number of hydrogen-bond donors (Lipinski definition) is 1. The Morgan fingerprint density at radius 3 is 2.85 bits per heavy atom. The standard InChI is InChI=1S/C15H17N3O2/c1-19-9-15-17-13(8-14(16)18-15)10-3-2-4-12(7-10)20-11-5-6-11/h2-4,7-8,11H,5-6,9H2,1H3,(H2,16,17,18). The lowest BCUT2D eigenvalue weighted by Gasteiger charge is -2.08. The number of anilines is 1. The number of rotatable bonds is 5. The molecule has 1 aliphatic rings. The lowest BCUT2D eigenvalue weighted by Crippen LogP contribution is -2.02. The summed E-state index contributed by atoms with van der Waals surface area (Å²) in [5.41, 5.74) is 7.57. The molecule has 1 aliphatic carbocycles. The molecule has 5 nitrogen and oxygen atoms in total. The van der Waals surface area contributed by atoms with E-state index in [-0.39, 0.29) is 0 Å². The van der Waals surface area contributed by atoms with Gasteiger partial charge < -0.3 is 15.2 Å². The van der Waals surface area contributed by atoms with Crippen molar-refractivity contribution in [3.05, 3.63) is 36.2 Å². The maximum Gasteiger partial charge on any atom is 0.157 e. The average molecular weight is 271 g/mol. The third-order valence-corrected chi connectivity index (χ3v) is 3.02. The van der Waals surface area contributed by atoms with Gasteiger partial charge in [-0.3, -0.25) is 0 Å². The summed E-state index contributed by atoms with van der Waals surface area (Å²) < 4.78 is 10.8. The summed E-state index contributed by atoms with van der Waals surface area (Å²) in [5, 5.41) is 0. The van der Waals surface area contributed by atoms with Crippen LogP contribution in [0.15, 0.2) is 30.3 Å². The minimum absolute atomic E-state index is 0.344. The lowest BCUT2D eigenvalue weighted by molar-refractivity contribution is 0.178. The second-order valence-corrected chi connectivity index (χ2v) is 4.87. The van der Waals surface area contributed by atoms with E-state index in [1.807, 2.05) is 24.3 Å². The SMILES string of the molecule is COCc1nc(N)cc(-c2cccc(OC3CC3)c2)n1. The van der Waals surface area contributed by atoms with Gasteiger partial charge in [-0.1, -0.05) is 12.1 Å². The van der Waals surface area contributed by atoms with Crippen LogP contribution < -0.4 is 10.5 Å². The second-order valence-electron chi connectivity index (χ2n) is 4.87. The van der Waals surface area contributed by atoms with Crippen molar-refractivity contribution in [2.75, 3.05) is 12.8 Å². The number of aromatic nitrogens is 2. The molecule has 0 spiro atoms. The minimum atomic E-state index is 0.344. The van der Waals surface area contributed by atoms with Crippen molar-refractivity contribution in [1.82, 2.24) is 9.97 Å². The molecule has 1 saturated carbocycles. The molecule has 104 valence electrons. The predicted molar refractivity (Wildman–Crippen MR) is 76.2 cm³/mol. The Morgan fingerprint density at radius 1 is 1.25 bits per heavy atom. The fraction of sp³-hybridized carbons (Fsp3) is 0.333. The Morgan fingerprint density at radius 2 is 2.10 bits per heavy atom. The molecule has 20 heavy (non-hydrogen) atoms. The van der Waals surface area contributed by atoms with Gasteiger partial charge in [-0.15, -0.1) is 0 Å². The monoisotopic (exact) mass is 271 g/mol. The van der Waals surface area contributed by atoms with Crippen LogP contribution in [-0.4, -0.2) is 23.2 Å². The maximum atomic E-state index is 5.82. The quantitative estimate of drug-likeness (QED) is 0.904. The van der Waals surface area contributed by atoms with Crippen molar-refractivity contribution < 1.29 is 9.47 Å². The topological polar surface area (TPSA) is 70.3 Å². The van der Waals surface area contributed by atoms with Crippen LogP contribution in [0.25, 0.3) is 11.3 Å². The predicted octanol–water partition coefficient (Wildman–Crippen LogP) is 2.41. The molecule has 0 atom stereocenters. The number of nitrogen functional groups attached to an aromatic ring is 1. The number of methoxy groups -OCH3 is 1. The van der Waals surface area contributed by atoms with Crippen molar-refractivity contribution in [2.45, 2.75) is 25.6 Å². The maximum absolute atomic E-state index is 5.82. The Labute approximate surface area is 117 Å². The van der Waals surface area contributed by atoms with E-state index < -0.39 is 0 Å². The highest BCUT2D eigenvalue weighted by atomic mass is 16.5. The van der Waals surface area contributed by atoms with Crippen LogP contribution in [0.3, 0.4) is 0 Å². The first kappa shape index (κ1) is 12.9. The molecular weight excluding hydrogens is 254 g/mol. The van der Waals surface area contributed by atoms with Crippen LogP contribution in [0.4, 0.5) is 5.82 Å². The summed E-state index contributed by atoms with van der Waals surface area (Å²) in [6.45, 7) is 0.344. The normalized spacial score (nSPS) is 14.2. The number of ether oxygens (including phenoxy) is 2. The summed E-state index contributed by atoms with van der Waals surface area (Å²) in [6.07, 6.45) is 2.66. The van der Waals surface area contributed by atoms with Crippen LogP contribution in [-0.2, 0) is 11.3 Å². The van der Waals surface area contributed by atoms with Gasteiger partial charge in [-0.25, -0.2) is 9.97 Å². The van der Waals surface area contributed by atoms with Gasteiger partial charge in [0.25, 0.3) is 0 Å². The average Bonchev–Trinajstić information content (AvgIpc) is 3.23. The second kappa shape index (κ2) is 5.46. The Balaban J connectivity index is 1.90. The van der Waals surface area contributed by atoms with Gasteiger partial charge in [0.1, 0.15) is 18.2 Å². The minimum Gasteiger partial charge on any atom is -0.490 e. The molecule has 1 heterocycles. The van der Waals surface area contributed by atoms with Crippen LogP contribution in [0.1, 0.15) is 18.7 Å². The fourth-order valence-corrected chi connectivity index (χ4v) is 1.97. The third-order valence-electron chi connectivity index (χ3n) is 3.02. The molecule has 1 aromatic heterocycles. The van der Waals surface area contributed by atoms with E-state index in [4.69, 9.17) is 15.2 Å². The summed E-state index contributed by atoms with van der Waals surface area (Å²) in [7, 11) is 1.61. The molecule has 0 unspecified atom stereocenters. The van der Waals surface area contributed by atoms with Crippen molar-refractivity contribution in [3.8, 4) is 17.0 Å². The van der Waals surface area contributed by atoms with Gasteiger partial charge in [0.05, 0.1) is 11.8 Å². The van der Waals surface area contributed by atoms with Gasteiger partial charge in [-0.05, 0) is 25.0 Å². The van der Waals surface area contributed by atoms with E-state index in [2.05, 4.69) is 9.97 Å². The van der Waals surface area contributed by atoms with Gasteiger partial charge in [0, 0.05) is 18.7 Å². The van der Waals surface area contributed by atoms with Gasteiger partial charge >= 0.3 is 0 Å². The Hall–Kier alpha value is -2.14. The number of nitrogens with zero attached hydrogens (tertiary/aromatic N) is 2. The van der Waals surface area contributed by atoms with E-state index in [9.17, 15) is 0 Å². The number of nitrogens with two attached hydrogens (primary N) is 1. The van der Waals surface area contributed by atoms with Crippen LogP contribution in [0, 0.1) is 0 Å². The summed E-state index contributed by atoms with van der Waals surface area (Å²) in [4.78, 5) is 8.60. The molecule has 3 rings (SSSR count). The van der Waals surface area contributed by atoms with E-state index in [1.165, 1.54) is 0 Å². The fourth-order valence-electron chi connectivity index (χ4n) is 1.97. The van der Waals surface area contributed by atoms with Crippen molar-refractivity contribution in [2.24, 2.45) is 0 Å². The molecule has 1 aromatic carbocycles. The largest absolute Gasteiger partial charge is 0.490 e. The zero-order valence-corrected chi connectivity index (χ0v) is 11.4. The molecule has 0 radical (unpaired) electrons. The first-order valence-corrected chi connectivity index (χ1v) is 6.64. The van der Waals surface area contributed by atoms with Gasteiger partial charge in [0.15, 0.2) is 5.82 Å². The highest BCUT2D eigenvalue weighted by Crippen LogP contribution is 2.29.